The van der Waals surface area contributed by atoms with Crippen LogP contribution in [0.2, 0.25) is 0 Å². The lowest BCUT2D eigenvalue weighted by atomic mass is 10.1. The highest BCUT2D eigenvalue weighted by Crippen LogP contribution is 2.23. The van der Waals surface area contributed by atoms with Gasteiger partial charge < -0.3 is 15.1 Å². The predicted molar refractivity (Wildman–Crippen MR) is 108 cm³/mol. The Morgan fingerprint density at radius 2 is 1.73 bits per heavy atom. The van der Waals surface area contributed by atoms with Crippen LogP contribution in [-0.4, -0.2) is 43.5 Å². The molecule has 0 bridgehead atoms. The van der Waals surface area contributed by atoms with Gasteiger partial charge in [0, 0.05) is 38.4 Å². The van der Waals surface area contributed by atoms with E-state index < -0.39 is 0 Å². The second-order valence-corrected chi connectivity index (χ2v) is 7.18. The van der Waals surface area contributed by atoms with E-state index in [0.717, 1.165) is 32.7 Å². The SMILES string of the molecule is Cc1cccc(CNCC(=O)N2CCN(c3cccc(C)c3C)CC2)c1. The summed E-state index contributed by atoms with van der Waals surface area (Å²) in [6.07, 6.45) is 0. The third-order valence-corrected chi connectivity index (χ3v) is 5.24. The van der Waals surface area contributed by atoms with Gasteiger partial charge in [-0.05, 0) is 43.5 Å². The molecule has 0 radical (unpaired) electrons. The third-order valence-electron chi connectivity index (χ3n) is 5.24. The fourth-order valence-electron chi connectivity index (χ4n) is 3.52. The minimum absolute atomic E-state index is 0.193. The Morgan fingerprint density at radius 1 is 1.00 bits per heavy atom. The maximum atomic E-state index is 12.5. The van der Waals surface area contributed by atoms with Crippen LogP contribution in [0.15, 0.2) is 42.5 Å². The van der Waals surface area contributed by atoms with Crippen molar-refractivity contribution in [1.29, 1.82) is 0 Å². The molecule has 26 heavy (non-hydrogen) atoms. The first-order valence-electron chi connectivity index (χ1n) is 9.40. The molecule has 1 fully saturated rings. The van der Waals surface area contributed by atoms with Gasteiger partial charge in [0.15, 0.2) is 0 Å². The van der Waals surface area contributed by atoms with Crippen LogP contribution in [0.5, 0.6) is 0 Å². The molecule has 0 aromatic heterocycles. The highest BCUT2D eigenvalue weighted by Gasteiger charge is 2.21. The van der Waals surface area contributed by atoms with E-state index in [1.54, 1.807) is 0 Å². The second-order valence-electron chi connectivity index (χ2n) is 7.18. The topological polar surface area (TPSA) is 35.6 Å². The van der Waals surface area contributed by atoms with Crippen LogP contribution in [-0.2, 0) is 11.3 Å². The molecule has 1 N–H and O–H groups in total. The molecule has 138 valence electrons. The number of aryl methyl sites for hydroxylation is 2. The highest BCUT2D eigenvalue weighted by atomic mass is 16.2. The molecular weight excluding hydrogens is 322 g/mol. The minimum atomic E-state index is 0.193. The lowest BCUT2D eigenvalue weighted by Gasteiger charge is -2.37. The van der Waals surface area contributed by atoms with Crippen molar-refractivity contribution in [3.63, 3.8) is 0 Å². The molecule has 1 amide bonds. The Bertz CT molecular complexity index is 764. The Labute approximate surface area is 156 Å². The molecule has 1 aliphatic rings. The van der Waals surface area contributed by atoms with Gasteiger partial charge in [-0.2, -0.15) is 0 Å². The summed E-state index contributed by atoms with van der Waals surface area (Å²) in [5.41, 5.74) is 6.43. The number of rotatable bonds is 5. The van der Waals surface area contributed by atoms with E-state index in [0.29, 0.717) is 6.54 Å². The molecule has 1 saturated heterocycles. The molecule has 0 aliphatic carbocycles. The molecule has 0 atom stereocenters. The maximum Gasteiger partial charge on any atom is 0.236 e. The number of hydrogen-bond donors (Lipinski definition) is 1. The van der Waals surface area contributed by atoms with Crippen LogP contribution in [0.3, 0.4) is 0 Å². The summed E-state index contributed by atoms with van der Waals surface area (Å²) in [6.45, 7) is 10.9. The summed E-state index contributed by atoms with van der Waals surface area (Å²) in [5, 5.41) is 3.28. The van der Waals surface area contributed by atoms with Gasteiger partial charge in [-0.3, -0.25) is 4.79 Å². The monoisotopic (exact) mass is 351 g/mol. The van der Waals surface area contributed by atoms with Crippen molar-refractivity contribution in [2.24, 2.45) is 0 Å². The summed E-state index contributed by atoms with van der Waals surface area (Å²) in [6, 6.07) is 14.8. The molecular formula is C22H29N3O. The second kappa shape index (κ2) is 8.37. The number of benzene rings is 2. The summed E-state index contributed by atoms with van der Waals surface area (Å²) < 4.78 is 0. The number of piperazine rings is 1. The summed E-state index contributed by atoms with van der Waals surface area (Å²) in [5.74, 6) is 0.193. The zero-order valence-corrected chi connectivity index (χ0v) is 16.1. The van der Waals surface area contributed by atoms with Crippen LogP contribution in [0.25, 0.3) is 0 Å². The van der Waals surface area contributed by atoms with Crippen molar-refractivity contribution in [3.05, 3.63) is 64.7 Å². The van der Waals surface area contributed by atoms with Gasteiger partial charge in [0.2, 0.25) is 5.91 Å². The molecule has 1 heterocycles. The van der Waals surface area contributed by atoms with Gasteiger partial charge in [-0.15, -0.1) is 0 Å². The number of amides is 1. The number of carbonyl (C=O) groups excluding carboxylic acids is 1. The largest absolute Gasteiger partial charge is 0.368 e. The molecule has 4 nitrogen and oxygen atoms in total. The molecule has 2 aromatic carbocycles. The molecule has 0 unspecified atom stereocenters. The number of carbonyl (C=O) groups is 1. The molecule has 0 saturated carbocycles. The van der Waals surface area contributed by atoms with Crippen LogP contribution in [0.1, 0.15) is 22.3 Å². The quantitative estimate of drug-likeness (QED) is 0.899. The molecule has 4 heteroatoms. The Kier molecular flexibility index (Phi) is 5.94. The minimum Gasteiger partial charge on any atom is -0.368 e. The molecule has 2 aromatic rings. The zero-order chi connectivity index (χ0) is 18.5. The lowest BCUT2D eigenvalue weighted by molar-refractivity contribution is -0.130. The first kappa shape index (κ1) is 18.5. The Morgan fingerprint density at radius 3 is 2.46 bits per heavy atom. The van der Waals surface area contributed by atoms with Crippen LogP contribution < -0.4 is 10.2 Å². The van der Waals surface area contributed by atoms with Gasteiger partial charge in [-0.25, -0.2) is 0 Å². The summed E-state index contributed by atoms with van der Waals surface area (Å²) >= 11 is 0. The van der Waals surface area contributed by atoms with Crippen LogP contribution in [0.4, 0.5) is 5.69 Å². The first-order chi connectivity index (χ1) is 12.5. The van der Waals surface area contributed by atoms with Crippen molar-refractivity contribution in [1.82, 2.24) is 10.2 Å². The van der Waals surface area contributed by atoms with Gasteiger partial charge in [0.05, 0.1) is 6.54 Å². The van der Waals surface area contributed by atoms with E-state index in [-0.39, 0.29) is 5.91 Å². The maximum absolute atomic E-state index is 12.5. The molecule has 0 spiro atoms. The zero-order valence-electron chi connectivity index (χ0n) is 16.1. The van der Waals surface area contributed by atoms with E-state index in [9.17, 15) is 4.79 Å². The number of anilines is 1. The van der Waals surface area contributed by atoms with E-state index in [4.69, 9.17) is 0 Å². The van der Waals surface area contributed by atoms with Crippen LogP contribution >= 0.6 is 0 Å². The highest BCUT2D eigenvalue weighted by molar-refractivity contribution is 5.78. The van der Waals surface area contributed by atoms with E-state index >= 15 is 0 Å². The van der Waals surface area contributed by atoms with Gasteiger partial charge in [0.1, 0.15) is 0 Å². The molecule has 3 rings (SSSR count). The van der Waals surface area contributed by atoms with Crippen molar-refractivity contribution in [2.75, 3.05) is 37.6 Å². The molecule has 1 aliphatic heterocycles. The fourth-order valence-corrected chi connectivity index (χ4v) is 3.52. The predicted octanol–water partition coefficient (Wildman–Crippen LogP) is 3.05. The Balaban J connectivity index is 1.47. The average molecular weight is 351 g/mol. The van der Waals surface area contributed by atoms with Crippen molar-refractivity contribution in [2.45, 2.75) is 27.3 Å². The fraction of sp³-hybridized carbons (Fsp3) is 0.409. The van der Waals surface area contributed by atoms with Crippen molar-refractivity contribution >= 4 is 11.6 Å². The number of nitrogens with one attached hydrogen (secondary N) is 1. The summed E-state index contributed by atoms with van der Waals surface area (Å²) in [7, 11) is 0. The van der Waals surface area contributed by atoms with E-state index in [2.05, 4.69) is 73.5 Å². The Hall–Kier alpha value is -2.33. The van der Waals surface area contributed by atoms with Gasteiger partial charge >= 0.3 is 0 Å². The van der Waals surface area contributed by atoms with Crippen molar-refractivity contribution < 1.29 is 4.79 Å². The van der Waals surface area contributed by atoms with Crippen LogP contribution in [0, 0.1) is 20.8 Å². The first-order valence-corrected chi connectivity index (χ1v) is 9.40. The van der Waals surface area contributed by atoms with Gasteiger partial charge in [0.25, 0.3) is 0 Å². The number of nitrogens with zero attached hydrogens (tertiary/aromatic N) is 2. The summed E-state index contributed by atoms with van der Waals surface area (Å²) in [4.78, 5) is 16.8. The lowest BCUT2D eigenvalue weighted by Crippen LogP contribution is -2.51. The van der Waals surface area contributed by atoms with E-state index in [1.807, 2.05) is 4.90 Å². The average Bonchev–Trinajstić information content (AvgIpc) is 2.64. The van der Waals surface area contributed by atoms with E-state index in [1.165, 1.54) is 27.9 Å². The van der Waals surface area contributed by atoms with Gasteiger partial charge in [-0.1, -0.05) is 42.0 Å². The normalized spacial score (nSPS) is 14.6. The van der Waals surface area contributed by atoms with Crippen molar-refractivity contribution in [3.8, 4) is 0 Å². The number of hydrogen-bond acceptors (Lipinski definition) is 3. The smallest absolute Gasteiger partial charge is 0.236 e. The standard InChI is InChI=1S/C22H29N3O/c1-17-6-4-8-20(14-17)15-23-16-22(26)25-12-10-24(11-13-25)21-9-5-7-18(2)19(21)3/h4-9,14,23H,10-13,15-16H2,1-3H3. The third kappa shape index (κ3) is 4.44.